The van der Waals surface area contributed by atoms with Gasteiger partial charge >= 0.3 is 0 Å². The highest BCUT2D eigenvalue weighted by atomic mass is 15.1. The monoisotopic (exact) mass is 275 g/mol. The normalized spacial score (nSPS) is 35.7. The molecule has 3 rings (SSSR count). The SMILES string of the molecule is CC1CCCC(n2cncc2C2CCCC(C)N2)CC1. The lowest BCUT2D eigenvalue weighted by Gasteiger charge is -2.31. The summed E-state index contributed by atoms with van der Waals surface area (Å²) in [5.41, 5.74) is 1.43. The van der Waals surface area contributed by atoms with Gasteiger partial charge < -0.3 is 9.88 Å². The van der Waals surface area contributed by atoms with Crippen molar-refractivity contribution in [2.24, 2.45) is 5.92 Å². The van der Waals surface area contributed by atoms with E-state index in [-0.39, 0.29) is 0 Å². The summed E-state index contributed by atoms with van der Waals surface area (Å²) < 4.78 is 2.49. The quantitative estimate of drug-likeness (QED) is 0.819. The Balaban J connectivity index is 1.75. The lowest BCUT2D eigenvalue weighted by atomic mass is 9.97. The molecule has 112 valence electrons. The fourth-order valence-corrected chi connectivity index (χ4v) is 4.01. The molecule has 1 aliphatic heterocycles. The van der Waals surface area contributed by atoms with E-state index in [0.29, 0.717) is 18.1 Å². The Morgan fingerprint density at radius 3 is 2.75 bits per heavy atom. The van der Waals surface area contributed by atoms with Crippen molar-refractivity contribution in [1.82, 2.24) is 14.9 Å². The minimum atomic E-state index is 0.516. The van der Waals surface area contributed by atoms with Gasteiger partial charge in [-0.25, -0.2) is 4.98 Å². The van der Waals surface area contributed by atoms with Crippen LogP contribution in [0.2, 0.25) is 0 Å². The van der Waals surface area contributed by atoms with E-state index in [1.165, 1.54) is 57.1 Å². The largest absolute Gasteiger partial charge is 0.330 e. The summed E-state index contributed by atoms with van der Waals surface area (Å²) >= 11 is 0. The maximum atomic E-state index is 4.47. The van der Waals surface area contributed by atoms with Crippen molar-refractivity contribution in [3.05, 3.63) is 18.2 Å². The molecule has 1 saturated heterocycles. The third-order valence-electron chi connectivity index (χ3n) is 5.29. The molecule has 4 atom stereocenters. The van der Waals surface area contributed by atoms with Crippen LogP contribution in [0.25, 0.3) is 0 Å². The first-order valence-electron chi connectivity index (χ1n) is 8.52. The highest BCUT2D eigenvalue weighted by Gasteiger charge is 2.25. The highest BCUT2D eigenvalue weighted by molar-refractivity contribution is 5.08. The number of piperidine rings is 1. The molecule has 1 aromatic heterocycles. The van der Waals surface area contributed by atoms with Crippen molar-refractivity contribution in [1.29, 1.82) is 0 Å². The van der Waals surface area contributed by atoms with Gasteiger partial charge in [0.15, 0.2) is 0 Å². The molecular weight excluding hydrogens is 246 g/mol. The molecule has 1 saturated carbocycles. The predicted octanol–water partition coefficient (Wildman–Crippen LogP) is 4.23. The first-order valence-corrected chi connectivity index (χ1v) is 8.52. The molecule has 20 heavy (non-hydrogen) atoms. The fourth-order valence-electron chi connectivity index (χ4n) is 4.01. The summed E-state index contributed by atoms with van der Waals surface area (Å²) in [5, 5.41) is 3.76. The lowest BCUT2D eigenvalue weighted by molar-refractivity contribution is 0.316. The van der Waals surface area contributed by atoms with Crippen LogP contribution in [0.15, 0.2) is 12.5 Å². The minimum Gasteiger partial charge on any atom is -0.330 e. The van der Waals surface area contributed by atoms with E-state index in [0.717, 1.165) is 5.92 Å². The van der Waals surface area contributed by atoms with Gasteiger partial charge in [-0.2, -0.15) is 0 Å². The molecule has 3 nitrogen and oxygen atoms in total. The van der Waals surface area contributed by atoms with Crippen LogP contribution in [0, 0.1) is 5.92 Å². The van der Waals surface area contributed by atoms with Gasteiger partial charge in [0.1, 0.15) is 0 Å². The van der Waals surface area contributed by atoms with Gasteiger partial charge in [0, 0.05) is 24.3 Å². The summed E-state index contributed by atoms with van der Waals surface area (Å²) in [6.07, 6.45) is 14.9. The third kappa shape index (κ3) is 3.08. The Kier molecular flexibility index (Phi) is 4.45. The van der Waals surface area contributed by atoms with E-state index in [1.807, 2.05) is 0 Å². The third-order valence-corrected chi connectivity index (χ3v) is 5.29. The zero-order valence-electron chi connectivity index (χ0n) is 13.0. The summed E-state index contributed by atoms with van der Waals surface area (Å²) in [4.78, 5) is 4.47. The zero-order chi connectivity index (χ0) is 13.9. The number of nitrogens with zero attached hydrogens (tertiary/aromatic N) is 2. The zero-order valence-corrected chi connectivity index (χ0v) is 13.0. The first-order chi connectivity index (χ1) is 9.74. The Hall–Kier alpha value is -0.830. The Morgan fingerprint density at radius 1 is 1.05 bits per heavy atom. The van der Waals surface area contributed by atoms with Crippen LogP contribution in [0.4, 0.5) is 0 Å². The molecule has 4 unspecified atom stereocenters. The van der Waals surface area contributed by atoms with Crippen molar-refractivity contribution >= 4 is 0 Å². The number of hydrogen-bond acceptors (Lipinski definition) is 2. The van der Waals surface area contributed by atoms with Crippen LogP contribution in [0.5, 0.6) is 0 Å². The van der Waals surface area contributed by atoms with Gasteiger partial charge in [-0.1, -0.05) is 19.8 Å². The Labute approximate surface area is 123 Å². The van der Waals surface area contributed by atoms with Crippen molar-refractivity contribution in [2.75, 3.05) is 0 Å². The molecule has 0 amide bonds. The number of hydrogen-bond donors (Lipinski definition) is 1. The van der Waals surface area contributed by atoms with Gasteiger partial charge in [-0.3, -0.25) is 0 Å². The molecule has 2 fully saturated rings. The van der Waals surface area contributed by atoms with Crippen LogP contribution >= 0.6 is 0 Å². The lowest BCUT2D eigenvalue weighted by Crippen LogP contribution is -2.36. The number of rotatable bonds is 2. The fraction of sp³-hybridized carbons (Fsp3) is 0.824. The summed E-state index contributed by atoms with van der Waals surface area (Å²) in [6, 6.07) is 1.84. The van der Waals surface area contributed by atoms with Gasteiger partial charge in [0.05, 0.1) is 12.0 Å². The van der Waals surface area contributed by atoms with Gasteiger partial charge in [-0.15, -0.1) is 0 Å². The molecule has 3 heteroatoms. The van der Waals surface area contributed by atoms with Crippen LogP contribution in [0.1, 0.15) is 83.0 Å². The number of aromatic nitrogens is 2. The van der Waals surface area contributed by atoms with Crippen LogP contribution in [0.3, 0.4) is 0 Å². The van der Waals surface area contributed by atoms with Crippen LogP contribution in [-0.4, -0.2) is 15.6 Å². The molecule has 0 radical (unpaired) electrons. The second kappa shape index (κ2) is 6.30. The van der Waals surface area contributed by atoms with Crippen molar-refractivity contribution in [2.45, 2.75) is 83.3 Å². The number of imidazole rings is 1. The molecule has 1 N–H and O–H groups in total. The van der Waals surface area contributed by atoms with E-state index >= 15 is 0 Å². The molecular formula is C17H29N3. The van der Waals surface area contributed by atoms with E-state index < -0.39 is 0 Å². The second-order valence-electron chi connectivity index (χ2n) is 7.04. The maximum Gasteiger partial charge on any atom is 0.0951 e. The average Bonchev–Trinajstić information content (AvgIpc) is 2.82. The van der Waals surface area contributed by atoms with Gasteiger partial charge in [0.2, 0.25) is 0 Å². The van der Waals surface area contributed by atoms with Crippen molar-refractivity contribution in [3.63, 3.8) is 0 Å². The van der Waals surface area contributed by atoms with E-state index in [1.54, 1.807) is 0 Å². The predicted molar refractivity (Wildman–Crippen MR) is 82.7 cm³/mol. The topological polar surface area (TPSA) is 29.9 Å². The molecule has 0 bridgehead atoms. The number of nitrogens with one attached hydrogen (secondary N) is 1. The van der Waals surface area contributed by atoms with E-state index in [2.05, 4.69) is 41.2 Å². The molecule has 1 aliphatic carbocycles. The maximum absolute atomic E-state index is 4.47. The van der Waals surface area contributed by atoms with Crippen molar-refractivity contribution in [3.8, 4) is 0 Å². The van der Waals surface area contributed by atoms with E-state index in [4.69, 9.17) is 0 Å². The summed E-state index contributed by atoms with van der Waals surface area (Å²) in [7, 11) is 0. The Bertz CT molecular complexity index is 426. The van der Waals surface area contributed by atoms with Crippen LogP contribution < -0.4 is 5.32 Å². The van der Waals surface area contributed by atoms with Gasteiger partial charge in [0.25, 0.3) is 0 Å². The standard InChI is InChI=1S/C17H29N3/c1-13-5-3-7-15(10-9-13)20-12-18-11-17(20)16-8-4-6-14(2)19-16/h11-16,19H,3-10H2,1-2H3. The molecule has 0 spiro atoms. The smallest absolute Gasteiger partial charge is 0.0951 e. The highest BCUT2D eigenvalue weighted by Crippen LogP contribution is 2.34. The summed E-state index contributed by atoms with van der Waals surface area (Å²) in [5.74, 6) is 0.903. The average molecular weight is 275 g/mol. The van der Waals surface area contributed by atoms with Gasteiger partial charge in [-0.05, 0) is 51.4 Å². The Morgan fingerprint density at radius 2 is 1.90 bits per heavy atom. The molecule has 2 aliphatic rings. The van der Waals surface area contributed by atoms with Crippen molar-refractivity contribution < 1.29 is 0 Å². The molecule has 1 aromatic rings. The minimum absolute atomic E-state index is 0.516. The molecule has 0 aromatic carbocycles. The molecule has 2 heterocycles. The summed E-state index contributed by atoms with van der Waals surface area (Å²) in [6.45, 7) is 4.71. The first kappa shape index (κ1) is 14.1. The van der Waals surface area contributed by atoms with E-state index in [9.17, 15) is 0 Å². The van der Waals surface area contributed by atoms with Crippen LogP contribution in [-0.2, 0) is 0 Å². The second-order valence-corrected chi connectivity index (χ2v) is 7.04.